The Morgan fingerprint density at radius 3 is 2.00 bits per heavy atom. The first-order chi connectivity index (χ1) is 21.6. The molecule has 4 aromatic rings. The third-order valence-electron chi connectivity index (χ3n) is 7.06. The van der Waals surface area contributed by atoms with E-state index in [1.807, 2.05) is 82.3 Å². The molecule has 0 heterocycles. The Balaban J connectivity index is 1.84. The predicted molar refractivity (Wildman–Crippen MR) is 189 cm³/mol. The summed E-state index contributed by atoms with van der Waals surface area (Å²) in [6.45, 7) is 6.88. The zero-order valence-corrected chi connectivity index (χ0v) is 29.9. The first-order valence-corrected chi connectivity index (χ1v) is 17.6. The van der Waals surface area contributed by atoms with Crippen LogP contribution in [0.3, 0.4) is 0 Å². The van der Waals surface area contributed by atoms with Crippen molar-refractivity contribution in [3.05, 3.63) is 128 Å². The molecule has 0 aliphatic heterocycles. The summed E-state index contributed by atoms with van der Waals surface area (Å²) >= 11 is 16.1. The van der Waals surface area contributed by atoms with Gasteiger partial charge in [-0.15, -0.1) is 0 Å². The van der Waals surface area contributed by atoms with Gasteiger partial charge in [0, 0.05) is 33.0 Å². The van der Waals surface area contributed by atoms with Crippen molar-refractivity contribution in [1.82, 2.24) is 10.2 Å². The Morgan fingerprint density at radius 2 is 1.43 bits per heavy atom. The highest BCUT2D eigenvalue weighted by Crippen LogP contribution is 2.30. The number of hydrogen-bond donors (Lipinski definition) is 1. The minimum atomic E-state index is -4.28. The molecule has 4 aromatic carbocycles. The average Bonchev–Trinajstić information content (AvgIpc) is 2.97. The highest BCUT2D eigenvalue weighted by atomic mass is 79.9. The van der Waals surface area contributed by atoms with Gasteiger partial charge in [-0.25, -0.2) is 8.42 Å². The molecule has 0 bridgehead atoms. The molecular weight excluding hydrogens is 709 g/mol. The number of halogens is 3. The number of benzene rings is 4. The lowest BCUT2D eigenvalue weighted by Gasteiger charge is -2.35. The van der Waals surface area contributed by atoms with E-state index in [0.717, 1.165) is 25.5 Å². The maximum Gasteiger partial charge on any atom is 0.264 e. The van der Waals surface area contributed by atoms with Gasteiger partial charge < -0.3 is 10.2 Å². The second kappa shape index (κ2) is 15.0. The fourth-order valence-corrected chi connectivity index (χ4v) is 7.02. The van der Waals surface area contributed by atoms with Gasteiger partial charge in [0.1, 0.15) is 12.6 Å². The van der Waals surface area contributed by atoms with Gasteiger partial charge in [0.25, 0.3) is 10.0 Å². The lowest BCUT2D eigenvalue weighted by molar-refractivity contribution is -0.140. The number of hydrogen-bond acceptors (Lipinski definition) is 4. The van der Waals surface area contributed by atoms with Crippen molar-refractivity contribution in [3.8, 4) is 0 Å². The number of rotatable bonds is 11. The van der Waals surface area contributed by atoms with Crippen molar-refractivity contribution in [1.29, 1.82) is 0 Å². The normalized spacial score (nSPS) is 12.3. The van der Waals surface area contributed by atoms with Gasteiger partial charge in [0.2, 0.25) is 11.8 Å². The molecule has 0 spiro atoms. The number of nitrogens with zero attached hydrogens (tertiary/aromatic N) is 2. The molecule has 0 fully saturated rings. The van der Waals surface area contributed by atoms with Gasteiger partial charge in [0.05, 0.1) is 10.6 Å². The van der Waals surface area contributed by atoms with E-state index < -0.39 is 34.1 Å². The molecule has 1 N–H and O–H groups in total. The molecule has 7 nitrogen and oxygen atoms in total. The number of aryl methyl sites for hydroxylation is 1. The van der Waals surface area contributed by atoms with Gasteiger partial charge in [-0.2, -0.15) is 0 Å². The fraction of sp³-hybridized carbons (Fsp3) is 0.257. The molecule has 242 valence electrons. The van der Waals surface area contributed by atoms with Crippen LogP contribution in [0.4, 0.5) is 5.69 Å². The summed E-state index contributed by atoms with van der Waals surface area (Å²) in [6, 6.07) is 26.5. The van der Waals surface area contributed by atoms with Crippen molar-refractivity contribution in [2.45, 2.75) is 57.1 Å². The molecule has 0 saturated carbocycles. The summed E-state index contributed by atoms with van der Waals surface area (Å²) in [4.78, 5) is 30.0. The van der Waals surface area contributed by atoms with Crippen LogP contribution in [-0.2, 0) is 32.6 Å². The summed E-state index contributed by atoms with van der Waals surface area (Å²) < 4.78 is 30.2. The summed E-state index contributed by atoms with van der Waals surface area (Å²) in [5.41, 5.74) is 2.01. The lowest BCUT2D eigenvalue weighted by Crippen LogP contribution is -2.56. The van der Waals surface area contributed by atoms with Crippen LogP contribution in [0.1, 0.15) is 37.5 Å². The van der Waals surface area contributed by atoms with E-state index in [9.17, 15) is 18.0 Å². The molecule has 0 aromatic heterocycles. The maximum atomic E-state index is 14.6. The standard InChI is InChI=1S/C35H36BrCl2N3O4S/c1-24-10-16-31(17-11-24)46(44,45)41(30-20-28(37)19-29(38)21-30)23-33(42)40(22-26-12-14-27(36)15-13-26)32(34(43)39-35(2,3)4)18-25-8-6-5-7-9-25/h5-17,19-21,32H,18,22-23H2,1-4H3,(H,39,43)/t32-/m1/s1. The van der Waals surface area contributed by atoms with Gasteiger partial charge in [-0.05, 0) is 81.3 Å². The van der Waals surface area contributed by atoms with E-state index in [4.69, 9.17) is 23.2 Å². The first-order valence-electron chi connectivity index (χ1n) is 14.6. The molecule has 0 aliphatic carbocycles. The maximum absolute atomic E-state index is 14.6. The van der Waals surface area contributed by atoms with Crippen LogP contribution in [-0.4, -0.2) is 43.3 Å². The largest absolute Gasteiger partial charge is 0.350 e. The van der Waals surface area contributed by atoms with Crippen LogP contribution in [0.15, 0.2) is 106 Å². The number of carbonyl (C=O) groups excluding carboxylic acids is 2. The molecule has 0 aliphatic rings. The number of anilines is 1. The Morgan fingerprint density at radius 1 is 0.848 bits per heavy atom. The molecule has 4 rings (SSSR count). The van der Waals surface area contributed by atoms with Crippen molar-refractivity contribution in [2.75, 3.05) is 10.8 Å². The van der Waals surface area contributed by atoms with E-state index in [-0.39, 0.29) is 39.5 Å². The van der Waals surface area contributed by atoms with Gasteiger partial charge in [-0.3, -0.25) is 13.9 Å². The van der Waals surface area contributed by atoms with E-state index in [2.05, 4.69) is 21.2 Å². The first kappa shape index (κ1) is 35.5. The van der Waals surface area contributed by atoms with Crippen molar-refractivity contribution >= 4 is 66.7 Å². The zero-order chi connectivity index (χ0) is 33.6. The van der Waals surface area contributed by atoms with E-state index >= 15 is 0 Å². The summed E-state index contributed by atoms with van der Waals surface area (Å²) in [5, 5.41) is 3.44. The highest BCUT2D eigenvalue weighted by Gasteiger charge is 2.35. The van der Waals surface area contributed by atoms with E-state index in [0.29, 0.717) is 0 Å². The zero-order valence-electron chi connectivity index (χ0n) is 26.0. The van der Waals surface area contributed by atoms with Crippen molar-refractivity contribution in [3.63, 3.8) is 0 Å². The predicted octanol–water partition coefficient (Wildman–Crippen LogP) is 7.81. The third-order valence-corrected chi connectivity index (χ3v) is 9.81. The van der Waals surface area contributed by atoms with Crippen LogP contribution < -0.4 is 9.62 Å². The van der Waals surface area contributed by atoms with E-state index in [1.165, 1.54) is 35.2 Å². The second-order valence-corrected chi connectivity index (χ2v) is 15.7. The topological polar surface area (TPSA) is 86.8 Å². The smallest absolute Gasteiger partial charge is 0.264 e. The molecule has 0 unspecified atom stereocenters. The highest BCUT2D eigenvalue weighted by molar-refractivity contribution is 9.10. The van der Waals surface area contributed by atoms with E-state index in [1.54, 1.807) is 12.1 Å². The quantitative estimate of drug-likeness (QED) is 0.170. The SMILES string of the molecule is Cc1ccc(S(=O)(=O)N(CC(=O)N(Cc2ccc(Br)cc2)[C@H](Cc2ccccc2)C(=O)NC(C)(C)C)c2cc(Cl)cc(Cl)c2)cc1. The number of carbonyl (C=O) groups is 2. The van der Waals surface area contributed by atoms with Crippen molar-refractivity contribution in [2.24, 2.45) is 0 Å². The molecule has 2 amide bonds. The fourth-order valence-electron chi connectivity index (χ4n) is 4.84. The Kier molecular flexibility index (Phi) is 11.6. The number of sulfonamides is 1. The van der Waals surface area contributed by atoms with Crippen LogP contribution in [0.25, 0.3) is 0 Å². The van der Waals surface area contributed by atoms with Gasteiger partial charge >= 0.3 is 0 Å². The Bertz CT molecular complexity index is 1760. The molecule has 0 radical (unpaired) electrons. The Hall–Kier alpha value is -3.37. The second-order valence-electron chi connectivity index (χ2n) is 12.0. The van der Waals surface area contributed by atoms with Gasteiger partial charge in [0.15, 0.2) is 0 Å². The summed E-state index contributed by atoms with van der Waals surface area (Å²) in [6.07, 6.45) is 0.207. The molecular formula is C35H36BrCl2N3O4S. The lowest BCUT2D eigenvalue weighted by atomic mass is 10.0. The monoisotopic (exact) mass is 743 g/mol. The third kappa shape index (κ3) is 9.58. The minimum Gasteiger partial charge on any atom is -0.350 e. The van der Waals surface area contributed by atoms with Gasteiger partial charge in [-0.1, -0.05) is 99.3 Å². The Labute approximate surface area is 289 Å². The molecule has 0 saturated heterocycles. The summed E-state index contributed by atoms with van der Waals surface area (Å²) in [5.74, 6) is -0.944. The molecule has 11 heteroatoms. The number of nitrogens with one attached hydrogen (secondary N) is 1. The van der Waals surface area contributed by atoms with Crippen LogP contribution >= 0.6 is 39.1 Å². The van der Waals surface area contributed by atoms with Crippen LogP contribution in [0.5, 0.6) is 0 Å². The molecule has 46 heavy (non-hydrogen) atoms. The van der Waals surface area contributed by atoms with Crippen LogP contribution in [0.2, 0.25) is 10.0 Å². The van der Waals surface area contributed by atoms with Crippen LogP contribution in [0, 0.1) is 6.92 Å². The molecule has 1 atom stereocenters. The minimum absolute atomic E-state index is 0.00670. The summed E-state index contributed by atoms with van der Waals surface area (Å²) in [7, 11) is -4.28. The van der Waals surface area contributed by atoms with Crippen molar-refractivity contribution < 1.29 is 18.0 Å². The number of amides is 2. The average molecular weight is 746 g/mol.